The molecule has 1 atom stereocenters. The summed E-state index contributed by atoms with van der Waals surface area (Å²) in [7, 11) is -4.00. The van der Waals surface area contributed by atoms with Crippen LogP contribution in [-0.2, 0) is 4.57 Å². The molecule has 0 aliphatic rings. The van der Waals surface area contributed by atoms with Gasteiger partial charge in [0.05, 0.1) is 7.37 Å². The molecule has 0 spiro atoms. The molecule has 0 heterocycles. The average molecular weight is 294 g/mol. The van der Waals surface area contributed by atoms with Crippen LogP contribution in [0.3, 0.4) is 0 Å². The van der Waals surface area contributed by atoms with Gasteiger partial charge in [0, 0.05) is 5.56 Å². The maximum atomic E-state index is 11.9. The Kier molecular flexibility index (Phi) is 5.79. The third-order valence-electron chi connectivity index (χ3n) is 3.47. The van der Waals surface area contributed by atoms with Crippen molar-refractivity contribution < 1.29 is 33.1 Å². The summed E-state index contributed by atoms with van der Waals surface area (Å²) < 4.78 is 11.4. The minimum absolute atomic E-state index is 0. The van der Waals surface area contributed by atoms with Crippen molar-refractivity contribution in [2.75, 3.05) is 6.66 Å². The van der Waals surface area contributed by atoms with Crippen LogP contribution in [0.1, 0.15) is 21.5 Å². The molecule has 0 saturated heterocycles. The first-order valence-electron chi connectivity index (χ1n) is 6.31. The van der Waals surface area contributed by atoms with Gasteiger partial charge in [0.15, 0.2) is 0 Å². The third-order valence-corrected chi connectivity index (χ3v) is 4.45. The maximum Gasteiger partial charge on any atom is 1.00 e. The topological polar surface area (TPSA) is 57.2 Å². The summed E-state index contributed by atoms with van der Waals surface area (Å²) in [5.74, 6) is 0. The Balaban J connectivity index is 0.00000220. The SMILES string of the molecule is Cc1c(C(=O)P(C)(=O)[O-])ccc(-c2ccccc2)c1C.[Li+]. The van der Waals surface area contributed by atoms with Gasteiger partial charge in [0.1, 0.15) is 0 Å². The molecule has 1 unspecified atom stereocenters. The number of carbonyl (C=O) groups excluding carboxylic acids is 1. The molecule has 21 heavy (non-hydrogen) atoms. The second-order valence-corrected chi connectivity index (χ2v) is 7.03. The normalized spacial score (nSPS) is 13.1. The summed E-state index contributed by atoms with van der Waals surface area (Å²) >= 11 is 0. The standard InChI is InChI=1S/C16H17O3P.Li/c1-11-12(2)15(16(17)20(3,18)19)10-9-14(11)13-7-5-4-6-8-13;/h4-10H,1-3H3,(H,18,19);/q;+1/p-1. The summed E-state index contributed by atoms with van der Waals surface area (Å²) in [6.07, 6.45) is 0. The molecule has 0 N–H and O–H groups in total. The fourth-order valence-electron chi connectivity index (χ4n) is 2.20. The number of hydrogen-bond acceptors (Lipinski definition) is 3. The van der Waals surface area contributed by atoms with Crippen molar-refractivity contribution in [3.63, 3.8) is 0 Å². The number of rotatable bonds is 3. The molecule has 0 aliphatic carbocycles. The maximum absolute atomic E-state index is 11.9. The van der Waals surface area contributed by atoms with Gasteiger partial charge in [-0.3, -0.25) is 4.79 Å². The summed E-state index contributed by atoms with van der Waals surface area (Å²) in [5, 5.41) is 0. The van der Waals surface area contributed by atoms with Crippen LogP contribution in [0.25, 0.3) is 11.1 Å². The van der Waals surface area contributed by atoms with Crippen molar-refractivity contribution in [1.29, 1.82) is 0 Å². The Bertz CT molecular complexity index is 705. The van der Waals surface area contributed by atoms with Gasteiger partial charge in [-0.1, -0.05) is 42.5 Å². The average Bonchev–Trinajstić information content (AvgIpc) is 2.41. The molecule has 2 rings (SSSR count). The van der Waals surface area contributed by atoms with Crippen molar-refractivity contribution in [3.8, 4) is 11.1 Å². The van der Waals surface area contributed by atoms with Gasteiger partial charge < -0.3 is 9.46 Å². The van der Waals surface area contributed by atoms with Crippen LogP contribution in [0.4, 0.5) is 0 Å². The zero-order valence-corrected chi connectivity index (χ0v) is 13.6. The molecular formula is C16H16LiO3P. The van der Waals surface area contributed by atoms with Gasteiger partial charge in [-0.25, -0.2) is 0 Å². The van der Waals surface area contributed by atoms with Crippen molar-refractivity contribution in [3.05, 3.63) is 59.2 Å². The van der Waals surface area contributed by atoms with Gasteiger partial charge >= 0.3 is 18.9 Å². The van der Waals surface area contributed by atoms with Gasteiger partial charge in [-0.2, -0.15) is 0 Å². The molecule has 0 radical (unpaired) electrons. The van der Waals surface area contributed by atoms with E-state index in [0.29, 0.717) is 5.56 Å². The Morgan fingerprint density at radius 2 is 1.57 bits per heavy atom. The van der Waals surface area contributed by atoms with Gasteiger partial charge in [-0.05, 0) is 42.8 Å². The van der Waals surface area contributed by atoms with Crippen LogP contribution in [-0.4, -0.2) is 12.2 Å². The molecule has 0 fully saturated rings. The monoisotopic (exact) mass is 294 g/mol. The minimum Gasteiger partial charge on any atom is -0.794 e. The van der Waals surface area contributed by atoms with Crippen LogP contribution < -0.4 is 23.8 Å². The first-order chi connectivity index (χ1) is 9.32. The van der Waals surface area contributed by atoms with Crippen LogP contribution >= 0.6 is 7.37 Å². The first-order valence-corrected chi connectivity index (χ1v) is 8.38. The predicted molar refractivity (Wildman–Crippen MR) is 79.2 cm³/mol. The number of hydrogen-bond donors (Lipinski definition) is 0. The van der Waals surface area contributed by atoms with E-state index < -0.39 is 12.9 Å². The van der Waals surface area contributed by atoms with Crippen molar-refractivity contribution in [2.45, 2.75) is 13.8 Å². The molecule has 0 saturated carbocycles. The van der Waals surface area contributed by atoms with E-state index in [2.05, 4.69) is 0 Å². The summed E-state index contributed by atoms with van der Waals surface area (Å²) in [4.78, 5) is 23.3. The molecule has 0 amide bonds. The van der Waals surface area contributed by atoms with E-state index in [4.69, 9.17) is 0 Å². The quantitative estimate of drug-likeness (QED) is 0.607. The van der Waals surface area contributed by atoms with E-state index >= 15 is 0 Å². The van der Waals surface area contributed by atoms with E-state index in [0.717, 1.165) is 23.4 Å². The molecular weight excluding hydrogens is 278 g/mol. The molecule has 0 aliphatic heterocycles. The molecule has 104 valence electrons. The Labute approximate surface area is 137 Å². The van der Waals surface area contributed by atoms with E-state index in [-0.39, 0.29) is 24.4 Å². The zero-order chi connectivity index (χ0) is 14.9. The predicted octanol–water partition coefficient (Wildman–Crippen LogP) is 0.383. The second-order valence-electron chi connectivity index (χ2n) is 4.93. The van der Waals surface area contributed by atoms with Gasteiger partial charge in [0.25, 0.3) is 0 Å². The summed E-state index contributed by atoms with van der Waals surface area (Å²) in [5.41, 5.74) is 3.18. The van der Waals surface area contributed by atoms with Crippen LogP contribution in [0.15, 0.2) is 42.5 Å². The van der Waals surface area contributed by atoms with Crippen LogP contribution in [0.5, 0.6) is 0 Å². The number of carbonyl (C=O) groups is 1. The second kappa shape index (κ2) is 6.77. The summed E-state index contributed by atoms with van der Waals surface area (Å²) in [6, 6.07) is 13.2. The Morgan fingerprint density at radius 1 is 1.00 bits per heavy atom. The Morgan fingerprint density at radius 3 is 2.10 bits per heavy atom. The van der Waals surface area contributed by atoms with Gasteiger partial charge in [-0.15, -0.1) is 0 Å². The fourth-order valence-corrected chi connectivity index (χ4v) is 2.88. The van der Waals surface area contributed by atoms with Crippen molar-refractivity contribution >= 4 is 12.9 Å². The molecule has 5 heteroatoms. The molecule has 2 aromatic rings. The fraction of sp³-hybridized carbons (Fsp3) is 0.188. The Hall–Kier alpha value is -1.10. The number of benzene rings is 2. The molecule has 2 aromatic carbocycles. The third kappa shape index (κ3) is 3.76. The van der Waals surface area contributed by atoms with Gasteiger partial charge in [0.2, 0.25) is 5.52 Å². The summed E-state index contributed by atoms with van der Waals surface area (Å²) in [6.45, 7) is 4.65. The van der Waals surface area contributed by atoms with E-state index in [1.54, 1.807) is 19.1 Å². The van der Waals surface area contributed by atoms with Crippen molar-refractivity contribution in [2.24, 2.45) is 0 Å². The molecule has 3 nitrogen and oxygen atoms in total. The van der Waals surface area contributed by atoms with Crippen LogP contribution in [0.2, 0.25) is 0 Å². The van der Waals surface area contributed by atoms with E-state index in [9.17, 15) is 14.3 Å². The van der Waals surface area contributed by atoms with Crippen molar-refractivity contribution in [1.82, 2.24) is 0 Å². The van der Waals surface area contributed by atoms with E-state index in [1.807, 2.05) is 37.3 Å². The van der Waals surface area contributed by atoms with E-state index in [1.165, 1.54) is 0 Å². The smallest absolute Gasteiger partial charge is 0.794 e. The first kappa shape index (κ1) is 17.9. The minimum atomic E-state index is -4.00. The molecule has 0 aromatic heterocycles. The largest absolute Gasteiger partial charge is 1.00 e. The zero-order valence-electron chi connectivity index (χ0n) is 12.7. The molecule has 0 bridgehead atoms. The van der Waals surface area contributed by atoms with Crippen LogP contribution in [0, 0.1) is 13.8 Å².